The molecular formula is C50H32N4O. The average molecular weight is 705 g/mol. The molecule has 10 aromatic rings. The third kappa shape index (κ3) is 6.24. The van der Waals surface area contributed by atoms with Gasteiger partial charge >= 0.3 is 0 Å². The van der Waals surface area contributed by atoms with E-state index in [0.29, 0.717) is 28.9 Å². The Morgan fingerprint density at radius 2 is 0.709 bits per heavy atom. The number of rotatable bonds is 7. The first-order valence-corrected chi connectivity index (χ1v) is 18.3. The predicted molar refractivity (Wildman–Crippen MR) is 223 cm³/mol. The van der Waals surface area contributed by atoms with Crippen LogP contribution in [0.4, 0.5) is 0 Å². The fourth-order valence-electron chi connectivity index (χ4n) is 7.18. The Balaban J connectivity index is 1.06. The van der Waals surface area contributed by atoms with Gasteiger partial charge < -0.3 is 4.42 Å². The van der Waals surface area contributed by atoms with Gasteiger partial charge in [0.05, 0.1) is 0 Å². The summed E-state index contributed by atoms with van der Waals surface area (Å²) in [4.78, 5) is 20.0. The van der Waals surface area contributed by atoms with Gasteiger partial charge in [-0.3, -0.25) is 0 Å². The summed E-state index contributed by atoms with van der Waals surface area (Å²) in [5, 5.41) is 1.96. The van der Waals surface area contributed by atoms with Crippen LogP contribution in [-0.2, 0) is 0 Å². The standard InChI is InChI=1S/C50H32N4O/c1-4-11-33(12-5-1)36-19-25-39(26-20-36)42-17-10-18-45-46(42)43-31-32-44(51-50(43)55-45)49-53-47(40-27-21-37(22-28-40)34-13-6-2-7-14-34)52-48(54-49)41-29-23-38(24-30-41)35-15-8-3-9-16-35/h1-32H. The molecule has 0 amide bonds. The first kappa shape index (κ1) is 32.2. The Morgan fingerprint density at radius 3 is 1.20 bits per heavy atom. The molecule has 0 bridgehead atoms. The number of furan rings is 1. The SMILES string of the molecule is c1ccc(-c2ccc(-c3nc(-c4ccc(-c5ccccc5)cc4)nc(-c4ccc5c(n4)oc4cccc(-c6ccc(-c7ccccc7)cc6)c45)n3)cc2)cc1. The van der Waals surface area contributed by atoms with E-state index in [-0.39, 0.29) is 0 Å². The Hall–Kier alpha value is -7.50. The maximum atomic E-state index is 6.43. The van der Waals surface area contributed by atoms with Gasteiger partial charge in [0, 0.05) is 21.9 Å². The normalized spacial score (nSPS) is 11.3. The molecule has 0 unspecified atom stereocenters. The third-order valence-corrected chi connectivity index (χ3v) is 10.0. The van der Waals surface area contributed by atoms with E-state index in [2.05, 4.69) is 133 Å². The van der Waals surface area contributed by atoms with Gasteiger partial charge in [-0.25, -0.2) is 19.9 Å². The van der Waals surface area contributed by atoms with Gasteiger partial charge in [-0.1, -0.05) is 176 Å². The first-order chi connectivity index (χ1) is 27.2. The number of hydrogen-bond acceptors (Lipinski definition) is 5. The van der Waals surface area contributed by atoms with Crippen LogP contribution in [0.25, 0.3) is 101 Å². The summed E-state index contributed by atoms with van der Waals surface area (Å²) in [5.41, 5.74) is 12.8. The summed E-state index contributed by atoms with van der Waals surface area (Å²) >= 11 is 0. The highest BCUT2D eigenvalue weighted by Crippen LogP contribution is 2.38. The molecule has 5 nitrogen and oxygen atoms in total. The molecule has 0 aliphatic carbocycles. The van der Waals surface area contributed by atoms with Gasteiger partial charge in [0.15, 0.2) is 17.5 Å². The van der Waals surface area contributed by atoms with E-state index in [1.165, 1.54) is 11.1 Å². The van der Waals surface area contributed by atoms with Crippen LogP contribution in [0.15, 0.2) is 199 Å². The van der Waals surface area contributed by atoms with Crippen molar-refractivity contribution in [1.29, 1.82) is 0 Å². The van der Waals surface area contributed by atoms with Crippen molar-refractivity contribution in [2.75, 3.05) is 0 Å². The van der Waals surface area contributed by atoms with E-state index in [9.17, 15) is 0 Å². The predicted octanol–water partition coefficient (Wildman–Crippen LogP) is 12.8. The number of benzene rings is 7. The van der Waals surface area contributed by atoms with Gasteiger partial charge in [0.2, 0.25) is 5.71 Å². The van der Waals surface area contributed by atoms with Gasteiger partial charge in [-0.05, 0) is 62.7 Å². The van der Waals surface area contributed by atoms with Gasteiger partial charge in [-0.2, -0.15) is 0 Å². The van der Waals surface area contributed by atoms with Crippen molar-refractivity contribution in [3.63, 3.8) is 0 Å². The Morgan fingerprint density at radius 1 is 0.291 bits per heavy atom. The molecule has 258 valence electrons. The lowest BCUT2D eigenvalue weighted by Gasteiger charge is -2.09. The van der Waals surface area contributed by atoms with Crippen molar-refractivity contribution in [2.45, 2.75) is 0 Å². The van der Waals surface area contributed by atoms with Crippen molar-refractivity contribution < 1.29 is 4.42 Å². The molecule has 5 heteroatoms. The summed E-state index contributed by atoms with van der Waals surface area (Å²) in [6.07, 6.45) is 0. The molecular weight excluding hydrogens is 673 g/mol. The van der Waals surface area contributed by atoms with Crippen LogP contribution in [0.1, 0.15) is 0 Å². The molecule has 55 heavy (non-hydrogen) atoms. The average Bonchev–Trinajstić information content (AvgIpc) is 3.66. The molecule has 0 aliphatic rings. The molecule has 0 aliphatic heterocycles. The van der Waals surface area contributed by atoms with Crippen molar-refractivity contribution >= 4 is 22.1 Å². The Kier molecular flexibility index (Phi) is 8.08. The minimum atomic E-state index is 0.471. The second kappa shape index (κ2) is 13.8. The van der Waals surface area contributed by atoms with Crippen molar-refractivity contribution in [1.82, 2.24) is 19.9 Å². The largest absolute Gasteiger partial charge is 0.438 e. The molecule has 7 aromatic carbocycles. The van der Waals surface area contributed by atoms with Crippen molar-refractivity contribution in [3.05, 3.63) is 194 Å². The summed E-state index contributed by atoms with van der Waals surface area (Å²) in [6, 6.07) is 66.7. The third-order valence-electron chi connectivity index (χ3n) is 10.0. The zero-order valence-corrected chi connectivity index (χ0v) is 29.7. The summed E-state index contributed by atoms with van der Waals surface area (Å²) < 4.78 is 6.43. The zero-order chi connectivity index (χ0) is 36.6. The van der Waals surface area contributed by atoms with Crippen LogP contribution in [0.2, 0.25) is 0 Å². The number of hydrogen-bond donors (Lipinski definition) is 0. The number of fused-ring (bicyclic) bond motifs is 3. The molecule has 0 radical (unpaired) electrons. The molecule has 0 N–H and O–H groups in total. The Labute approximate surface area is 318 Å². The monoisotopic (exact) mass is 704 g/mol. The van der Waals surface area contributed by atoms with Gasteiger partial charge in [0.25, 0.3) is 0 Å². The minimum Gasteiger partial charge on any atom is -0.438 e. The van der Waals surface area contributed by atoms with E-state index in [1.54, 1.807) is 0 Å². The van der Waals surface area contributed by atoms with E-state index < -0.39 is 0 Å². The molecule has 0 fully saturated rings. The molecule has 3 aromatic heterocycles. The van der Waals surface area contributed by atoms with E-state index in [4.69, 9.17) is 24.4 Å². The maximum Gasteiger partial charge on any atom is 0.227 e. The molecule has 0 spiro atoms. The summed E-state index contributed by atoms with van der Waals surface area (Å²) in [6.45, 7) is 0. The van der Waals surface area contributed by atoms with Crippen LogP contribution in [0, 0.1) is 0 Å². The summed E-state index contributed by atoms with van der Waals surface area (Å²) in [5.74, 6) is 1.61. The van der Waals surface area contributed by atoms with Crippen LogP contribution >= 0.6 is 0 Å². The second-order valence-corrected chi connectivity index (χ2v) is 13.5. The fraction of sp³-hybridized carbons (Fsp3) is 0. The quantitative estimate of drug-likeness (QED) is 0.165. The maximum absolute atomic E-state index is 6.43. The lowest BCUT2D eigenvalue weighted by molar-refractivity contribution is 0.654. The van der Waals surface area contributed by atoms with Crippen molar-refractivity contribution in [3.8, 4) is 78.8 Å². The molecule has 3 heterocycles. The topological polar surface area (TPSA) is 64.7 Å². The van der Waals surface area contributed by atoms with E-state index in [0.717, 1.165) is 60.9 Å². The van der Waals surface area contributed by atoms with Gasteiger partial charge in [0.1, 0.15) is 11.3 Å². The van der Waals surface area contributed by atoms with Crippen molar-refractivity contribution in [2.24, 2.45) is 0 Å². The smallest absolute Gasteiger partial charge is 0.227 e. The van der Waals surface area contributed by atoms with Crippen LogP contribution in [0.5, 0.6) is 0 Å². The number of aromatic nitrogens is 4. The number of nitrogens with zero attached hydrogens (tertiary/aromatic N) is 4. The van der Waals surface area contributed by atoms with Gasteiger partial charge in [-0.15, -0.1) is 0 Å². The highest BCUT2D eigenvalue weighted by Gasteiger charge is 2.18. The van der Waals surface area contributed by atoms with Crippen LogP contribution in [0.3, 0.4) is 0 Å². The lowest BCUT2D eigenvalue weighted by Crippen LogP contribution is -2.01. The lowest BCUT2D eigenvalue weighted by atomic mass is 9.97. The highest BCUT2D eigenvalue weighted by atomic mass is 16.3. The van der Waals surface area contributed by atoms with E-state index in [1.807, 2.05) is 60.7 Å². The highest BCUT2D eigenvalue weighted by molar-refractivity contribution is 6.11. The first-order valence-electron chi connectivity index (χ1n) is 18.3. The van der Waals surface area contributed by atoms with Crippen LogP contribution in [-0.4, -0.2) is 19.9 Å². The molecule has 10 rings (SSSR count). The van der Waals surface area contributed by atoms with E-state index >= 15 is 0 Å². The summed E-state index contributed by atoms with van der Waals surface area (Å²) in [7, 11) is 0. The minimum absolute atomic E-state index is 0.471. The molecule has 0 saturated carbocycles. The van der Waals surface area contributed by atoms with Crippen LogP contribution < -0.4 is 0 Å². The fourth-order valence-corrected chi connectivity index (χ4v) is 7.18. The molecule has 0 saturated heterocycles. The second-order valence-electron chi connectivity index (χ2n) is 13.5. The molecule has 0 atom stereocenters. The Bertz CT molecular complexity index is 2820. The zero-order valence-electron chi connectivity index (χ0n) is 29.7. The number of pyridine rings is 1.